The third kappa shape index (κ3) is 8.71. The van der Waals surface area contributed by atoms with Crippen molar-refractivity contribution in [1.82, 2.24) is 10.2 Å². The maximum Gasteiger partial charge on any atom is 0.244 e. The van der Waals surface area contributed by atoms with Crippen molar-refractivity contribution in [3.63, 3.8) is 0 Å². The number of rotatable bonds is 13. The zero-order valence-corrected chi connectivity index (χ0v) is 25.8. The molecule has 3 rings (SSSR count). The van der Waals surface area contributed by atoms with Crippen molar-refractivity contribution in [2.45, 2.75) is 32.4 Å². The molecule has 0 aromatic heterocycles. The van der Waals surface area contributed by atoms with E-state index in [9.17, 15) is 18.0 Å². The van der Waals surface area contributed by atoms with E-state index in [1.165, 1.54) is 24.1 Å². The Kier molecular flexibility index (Phi) is 11.4. The number of carbonyl (C=O) groups is 2. The lowest BCUT2D eigenvalue weighted by atomic mass is 10.0. The summed E-state index contributed by atoms with van der Waals surface area (Å²) < 4.78 is 33.1. The van der Waals surface area contributed by atoms with Crippen LogP contribution in [0.4, 0.5) is 5.69 Å². The van der Waals surface area contributed by atoms with Crippen molar-refractivity contribution >= 4 is 55.1 Å². The maximum absolute atomic E-state index is 14.1. The van der Waals surface area contributed by atoms with E-state index < -0.39 is 28.5 Å². The van der Waals surface area contributed by atoms with Crippen molar-refractivity contribution in [2.75, 3.05) is 30.8 Å². The average Bonchev–Trinajstić information content (AvgIpc) is 2.92. The molecule has 214 valence electrons. The number of sulfonamides is 1. The van der Waals surface area contributed by atoms with Gasteiger partial charge >= 0.3 is 0 Å². The molecule has 0 saturated carbocycles. The Balaban J connectivity index is 2.08. The lowest BCUT2D eigenvalue weighted by molar-refractivity contribution is -0.140. The predicted molar refractivity (Wildman–Crippen MR) is 162 cm³/mol. The molecule has 0 fully saturated rings. The number of methoxy groups -OCH3 is 1. The molecule has 3 aromatic carbocycles. The molecule has 40 heavy (non-hydrogen) atoms. The van der Waals surface area contributed by atoms with Crippen LogP contribution in [0.15, 0.2) is 77.3 Å². The summed E-state index contributed by atoms with van der Waals surface area (Å²) in [6, 6.07) is 20.4. The minimum absolute atomic E-state index is 0.0829. The molecule has 0 aliphatic carbocycles. The Morgan fingerprint density at radius 2 is 1.73 bits per heavy atom. The van der Waals surface area contributed by atoms with E-state index in [0.29, 0.717) is 6.54 Å². The topological polar surface area (TPSA) is 96.0 Å². The van der Waals surface area contributed by atoms with Crippen LogP contribution in [0.25, 0.3) is 0 Å². The molecule has 11 heteroatoms. The van der Waals surface area contributed by atoms with Crippen LogP contribution in [0.1, 0.15) is 24.5 Å². The van der Waals surface area contributed by atoms with Crippen LogP contribution < -0.4 is 14.4 Å². The number of anilines is 1. The third-order valence-corrected chi connectivity index (χ3v) is 8.01. The lowest BCUT2D eigenvalue weighted by Gasteiger charge is -2.33. The largest absolute Gasteiger partial charge is 0.495 e. The van der Waals surface area contributed by atoms with Gasteiger partial charge in [0, 0.05) is 29.0 Å². The second kappa shape index (κ2) is 14.5. The number of amides is 2. The van der Waals surface area contributed by atoms with Gasteiger partial charge in [0.25, 0.3) is 0 Å². The molecule has 0 spiro atoms. The fraction of sp³-hybridized carbons (Fsp3) is 0.310. The Morgan fingerprint density at radius 3 is 2.35 bits per heavy atom. The highest BCUT2D eigenvalue weighted by molar-refractivity contribution is 9.10. The normalized spacial score (nSPS) is 11.9. The number of halogens is 2. The van der Waals surface area contributed by atoms with Crippen molar-refractivity contribution in [3.8, 4) is 5.75 Å². The second-order valence-electron chi connectivity index (χ2n) is 9.23. The Labute approximate surface area is 249 Å². The summed E-state index contributed by atoms with van der Waals surface area (Å²) in [6.07, 6.45) is 1.98. The van der Waals surface area contributed by atoms with E-state index in [2.05, 4.69) is 21.2 Å². The molecule has 1 atom stereocenters. The minimum Gasteiger partial charge on any atom is -0.495 e. The minimum atomic E-state index is -3.96. The molecule has 2 amide bonds. The van der Waals surface area contributed by atoms with E-state index in [4.69, 9.17) is 16.3 Å². The first-order chi connectivity index (χ1) is 19.0. The Morgan fingerprint density at radius 1 is 1.02 bits per heavy atom. The molecule has 1 unspecified atom stereocenters. The average molecular weight is 651 g/mol. The van der Waals surface area contributed by atoms with Crippen molar-refractivity contribution < 1.29 is 22.7 Å². The van der Waals surface area contributed by atoms with Crippen LogP contribution in [-0.4, -0.2) is 57.6 Å². The zero-order chi connectivity index (χ0) is 29.3. The number of carbonyl (C=O) groups excluding carboxylic acids is 2. The summed E-state index contributed by atoms with van der Waals surface area (Å²) >= 11 is 9.66. The van der Waals surface area contributed by atoms with Gasteiger partial charge in [-0.1, -0.05) is 76.9 Å². The quantitative estimate of drug-likeness (QED) is 0.280. The maximum atomic E-state index is 14.1. The van der Waals surface area contributed by atoms with Crippen LogP contribution in [0.5, 0.6) is 5.75 Å². The smallest absolute Gasteiger partial charge is 0.244 e. The molecular weight excluding hydrogens is 618 g/mol. The summed E-state index contributed by atoms with van der Waals surface area (Å²) in [7, 11) is -2.55. The van der Waals surface area contributed by atoms with Gasteiger partial charge in [0.15, 0.2) is 0 Å². The van der Waals surface area contributed by atoms with Gasteiger partial charge in [0.2, 0.25) is 21.8 Å². The molecular formula is C29H33BrClN3O5S. The number of nitrogens with one attached hydrogen (secondary N) is 1. The van der Waals surface area contributed by atoms with Gasteiger partial charge in [-0.05, 0) is 47.9 Å². The van der Waals surface area contributed by atoms with Gasteiger partial charge in [0.1, 0.15) is 18.3 Å². The van der Waals surface area contributed by atoms with E-state index in [1.54, 1.807) is 6.07 Å². The molecule has 1 N–H and O–H groups in total. The standard InChI is InChI=1S/C29H33BrClN3O5S/c1-4-15-32-29(36)26(17-21-9-6-5-7-10-21)33(19-22-11-8-12-23(30)16-22)28(35)20-34(40(3,37)38)25-18-24(31)13-14-27(25)39-2/h5-14,16,18,26H,4,15,17,19-20H2,1-3H3,(H,32,36). The van der Waals surface area contributed by atoms with Crippen LogP contribution in [0, 0.1) is 0 Å². The SMILES string of the molecule is CCCNC(=O)C(Cc1ccccc1)N(Cc1cccc(Br)c1)C(=O)CN(c1cc(Cl)ccc1OC)S(C)(=O)=O. The molecule has 0 saturated heterocycles. The van der Waals surface area contributed by atoms with Crippen LogP contribution in [0.3, 0.4) is 0 Å². The number of hydrogen-bond donors (Lipinski definition) is 1. The summed E-state index contributed by atoms with van der Waals surface area (Å²) in [5, 5.41) is 3.20. The van der Waals surface area contributed by atoms with Gasteiger partial charge in [-0.15, -0.1) is 0 Å². The second-order valence-corrected chi connectivity index (χ2v) is 12.5. The summed E-state index contributed by atoms with van der Waals surface area (Å²) in [6.45, 7) is 1.91. The molecule has 0 heterocycles. The predicted octanol–water partition coefficient (Wildman–Crippen LogP) is 5.04. The van der Waals surface area contributed by atoms with Gasteiger partial charge < -0.3 is 15.0 Å². The highest BCUT2D eigenvalue weighted by atomic mass is 79.9. The van der Waals surface area contributed by atoms with E-state index in [0.717, 1.165) is 32.6 Å². The first-order valence-corrected chi connectivity index (χ1v) is 15.7. The Bertz CT molecular complexity index is 1420. The Hall–Kier alpha value is -3.08. The van der Waals surface area contributed by atoms with Gasteiger partial charge in [-0.25, -0.2) is 8.42 Å². The summed E-state index contributed by atoms with van der Waals surface area (Å²) in [4.78, 5) is 29.1. The molecule has 3 aromatic rings. The fourth-order valence-electron chi connectivity index (χ4n) is 4.20. The van der Waals surface area contributed by atoms with E-state index in [-0.39, 0.29) is 35.3 Å². The van der Waals surface area contributed by atoms with Crippen LogP contribution in [0.2, 0.25) is 5.02 Å². The molecule has 0 bridgehead atoms. The monoisotopic (exact) mass is 649 g/mol. The highest BCUT2D eigenvalue weighted by Crippen LogP contribution is 2.33. The van der Waals surface area contributed by atoms with Crippen molar-refractivity contribution in [2.24, 2.45) is 0 Å². The number of benzene rings is 3. The highest BCUT2D eigenvalue weighted by Gasteiger charge is 2.33. The van der Waals surface area contributed by atoms with Crippen molar-refractivity contribution in [1.29, 1.82) is 0 Å². The molecule has 0 radical (unpaired) electrons. The van der Waals surface area contributed by atoms with Gasteiger partial charge in [0.05, 0.1) is 19.1 Å². The number of ether oxygens (including phenoxy) is 1. The molecule has 0 aliphatic heterocycles. The number of nitrogens with zero attached hydrogens (tertiary/aromatic N) is 2. The van der Waals surface area contributed by atoms with Crippen molar-refractivity contribution in [3.05, 3.63) is 93.4 Å². The molecule has 8 nitrogen and oxygen atoms in total. The van der Waals surface area contributed by atoms with Crippen LogP contribution in [-0.2, 0) is 32.6 Å². The first kappa shape index (κ1) is 31.4. The van der Waals surface area contributed by atoms with E-state index >= 15 is 0 Å². The molecule has 0 aliphatic rings. The van der Waals surface area contributed by atoms with Crippen LogP contribution >= 0.6 is 27.5 Å². The first-order valence-electron chi connectivity index (χ1n) is 12.7. The van der Waals surface area contributed by atoms with E-state index in [1.807, 2.05) is 61.5 Å². The number of hydrogen-bond acceptors (Lipinski definition) is 5. The zero-order valence-electron chi connectivity index (χ0n) is 22.6. The van der Waals surface area contributed by atoms with Gasteiger partial charge in [-0.3, -0.25) is 13.9 Å². The summed E-state index contributed by atoms with van der Waals surface area (Å²) in [5.41, 5.74) is 1.77. The van der Waals surface area contributed by atoms with Gasteiger partial charge in [-0.2, -0.15) is 0 Å². The lowest BCUT2D eigenvalue weighted by Crippen LogP contribution is -2.53. The summed E-state index contributed by atoms with van der Waals surface area (Å²) in [5.74, 6) is -0.636. The third-order valence-electron chi connectivity index (χ3n) is 6.15. The fourth-order valence-corrected chi connectivity index (χ4v) is 5.66.